The van der Waals surface area contributed by atoms with Gasteiger partial charge in [0.25, 0.3) is 5.91 Å². The summed E-state index contributed by atoms with van der Waals surface area (Å²) in [7, 11) is 0. The van der Waals surface area contributed by atoms with Gasteiger partial charge in [-0.15, -0.1) is 0 Å². The zero-order chi connectivity index (χ0) is 22.1. The molecule has 0 saturated heterocycles. The molecule has 3 N–H and O–H groups in total. The Balaban J connectivity index is 1.41. The number of hydrogen-bond acceptors (Lipinski definition) is 4. The van der Waals surface area contributed by atoms with Crippen LogP contribution in [0.5, 0.6) is 5.75 Å². The zero-order valence-corrected chi connectivity index (χ0v) is 17.7. The first kappa shape index (κ1) is 22.2. The lowest BCUT2D eigenvalue weighted by Gasteiger charge is -2.08. The molecule has 0 aliphatic rings. The molecule has 2 aromatic carbocycles. The SMILES string of the molecule is Cc1cc(C(N)=O)c(-c2cccc(OC(=O)NCCCCCCc3ccccc3)c2)o1. The fourth-order valence-corrected chi connectivity index (χ4v) is 3.40. The van der Waals surface area contributed by atoms with Gasteiger partial charge in [0.05, 0.1) is 5.56 Å². The standard InChI is InChI=1S/C25H28N2O4/c1-18-16-22(24(26)28)23(30-18)20-13-9-14-21(17-20)31-25(29)27-15-8-3-2-5-10-19-11-6-4-7-12-19/h4,6-7,9,11-14,16-17H,2-3,5,8,10,15H2,1H3,(H2,26,28)(H,27,29). The first-order chi connectivity index (χ1) is 15.0. The molecule has 31 heavy (non-hydrogen) atoms. The van der Waals surface area contributed by atoms with Gasteiger partial charge in [-0.2, -0.15) is 0 Å². The van der Waals surface area contributed by atoms with Crippen molar-refractivity contribution in [3.63, 3.8) is 0 Å². The predicted octanol–water partition coefficient (Wildman–Crippen LogP) is 5.25. The van der Waals surface area contributed by atoms with Crippen LogP contribution in [0.3, 0.4) is 0 Å². The molecular formula is C25H28N2O4. The molecular weight excluding hydrogens is 392 g/mol. The maximum absolute atomic E-state index is 12.1. The highest BCUT2D eigenvalue weighted by molar-refractivity contribution is 5.98. The molecule has 2 amide bonds. The van der Waals surface area contributed by atoms with Gasteiger partial charge in [0, 0.05) is 12.1 Å². The third-order valence-electron chi connectivity index (χ3n) is 4.93. The maximum atomic E-state index is 12.1. The maximum Gasteiger partial charge on any atom is 0.412 e. The predicted molar refractivity (Wildman–Crippen MR) is 120 cm³/mol. The van der Waals surface area contributed by atoms with E-state index in [0.29, 0.717) is 34.9 Å². The van der Waals surface area contributed by atoms with Crippen LogP contribution in [0.4, 0.5) is 4.79 Å². The minimum Gasteiger partial charge on any atom is -0.461 e. The van der Waals surface area contributed by atoms with Crippen LogP contribution in [0.1, 0.15) is 47.4 Å². The molecule has 0 spiro atoms. The Morgan fingerprint density at radius 3 is 2.52 bits per heavy atom. The second kappa shape index (κ2) is 11.0. The molecule has 0 saturated carbocycles. The van der Waals surface area contributed by atoms with Gasteiger partial charge in [0.1, 0.15) is 17.3 Å². The Hall–Kier alpha value is -3.54. The van der Waals surface area contributed by atoms with Gasteiger partial charge in [0.2, 0.25) is 0 Å². The van der Waals surface area contributed by atoms with Crippen LogP contribution in [0.2, 0.25) is 0 Å². The van der Waals surface area contributed by atoms with E-state index in [1.807, 2.05) is 6.07 Å². The number of carbonyl (C=O) groups is 2. The van der Waals surface area contributed by atoms with Gasteiger partial charge in [0.15, 0.2) is 0 Å². The third kappa shape index (κ3) is 6.74. The summed E-state index contributed by atoms with van der Waals surface area (Å²) in [6, 6.07) is 18.9. The van der Waals surface area contributed by atoms with Gasteiger partial charge in [-0.3, -0.25) is 4.79 Å². The quantitative estimate of drug-likeness (QED) is 0.438. The van der Waals surface area contributed by atoms with Gasteiger partial charge in [-0.1, -0.05) is 55.3 Å². The summed E-state index contributed by atoms with van der Waals surface area (Å²) in [6.07, 6.45) is 4.79. The number of amides is 2. The normalized spacial score (nSPS) is 10.6. The van der Waals surface area contributed by atoms with Crippen molar-refractivity contribution in [1.82, 2.24) is 5.32 Å². The van der Waals surface area contributed by atoms with Crippen molar-refractivity contribution in [3.8, 4) is 17.1 Å². The number of primary amides is 1. The minimum absolute atomic E-state index is 0.298. The molecule has 3 rings (SSSR count). The number of hydrogen-bond donors (Lipinski definition) is 2. The third-order valence-corrected chi connectivity index (χ3v) is 4.93. The summed E-state index contributed by atoms with van der Waals surface area (Å²) >= 11 is 0. The topological polar surface area (TPSA) is 94.6 Å². The lowest BCUT2D eigenvalue weighted by atomic mass is 10.1. The lowest BCUT2D eigenvalue weighted by molar-refractivity contribution is 0.100. The summed E-state index contributed by atoms with van der Waals surface area (Å²) < 4.78 is 11.0. The summed E-state index contributed by atoms with van der Waals surface area (Å²) in [5, 5.41) is 2.77. The van der Waals surface area contributed by atoms with Gasteiger partial charge in [-0.25, -0.2) is 4.79 Å². The van der Waals surface area contributed by atoms with Crippen LogP contribution in [-0.4, -0.2) is 18.5 Å². The molecule has 0 bridgehead atoms. The summed E-state index contributed by atoms with van der Waals surface area (Å²) in [5.74, 6) is 0.741. The van der Waals surface area contributed by atoms with E-state index < -0.39 is 12.0 Å². The highest BCUT2D eigenvalue weighted by atomic mass is 16.6. The second-order valence-corrected chi connectivity index (χ2v) is 7.46. The molecule has 6 nitrogen and oxygen atoms in total. The second-order valence-electron chi connectivity index (χ2n) is 7.46. The smallest absolute Gasteiger partial charge is 0.412 e. The monoisotopic (exact) mass is 420 g/mol. The largest absolute Gasteiger partial charge is 0.461 e. The first-order valence-electron chi connectivity index (χ1n) is 10.5. The van der Waals surface area contributed by atoms with Crippen LogP contribution < -0.4 is 15.8 Å². The van der Waals surface area contributed by atoms with Crippen molar-refractivity contribution < 1.29 is 18.7 Å². The van der Waals surface area contributed by atoms with E-state index in [0.717, 1.165) is 32.1 Å². The molecule has 162 valence electrons. The summed E-state index contributed by atoms with van der Waals surface area (Å²) in [5.41, 5.74) is 7.69. The highest BCUT2D eigenvalue weighted by Crippen LogP contribution is 2.29. The number of ether oxygens (including phenoxy) is 1. The molecule has 1 heterocycles. The number of benzene rings is 2. The average Bonchev–Trinajstić information content (AvgIpc) is 3.16. The summed E-state index contributed by atoms with van der Waals surface area (Å²) in [6.45, 7) is 2.30. The zero-order valence-electron chi connectivity index (χ0n) is 17.7. The lowest BCUT2D eigenvalue weighted by Crippen LogP contribution is -2.27. The fourth-order valence-electron chi connectivity index (χ4n) is 3.40. The van der Waals surface area contributed by atoms with E-state index >= 15 is 0 Å². The molecule has 0 atom stereocenters. The minimum atomic E-state index is -0.570. The van der Waals surface area contributed by atoms with Crippen molar-refractivity contribution in [2.45, 2.75) is 39.0 Å². The Labute approximate surface area is 182 Å². The molecule has 3 aromatic rings. The molecule has 0 aliphatic heterocycles. The van der Waals surface area contributed by atoms with E-state index in [9.17, 15) is 9.59 Å². The Morgan fingerprint density at radius 2 is 1.74 bits per heavy atom. The number of furan rings is 1. The molecule has 0 radical (unpaired) electrons. The van der Waals surface area contributed by atoms with Crippen LogP contribution in [0, 0.1) is 6.92 Å². The van der Waals surface area contributed by atoms with Crippen molar-refractivity contribution in [2.24, 2.45) is 5.73 Å². The highest BCUT2D eigenvalue weighted by Gasteiger charge is 2.16. The Bertz CT molecular complexity index is 1010. The van der Waals surface area contributed by atoms with E-state index in [2.05, 4.69) is 29.6 Å². The van der Waals surface area contributed by atoms with E-state index in [1.54, 1.807) is 37.3 Å². The molecule has 6 heteroatoms. The van der Waals surface area contributed by atoms with E-state index in [1.165, 1.54) is 5.56 Å². The number of aryl methyl sites for hydroxylation is 2. The van der Waals surface area contributed by atoms with Crippen molar-refractivity contribution >= 4 is 12.0 Å². The van der Waals surface area contributed by atoms with Crippen LogP contribution in [0.25, 0.3) is 11.3 Å². The molecule has 0 unspecified atom stereocenters. The van der Waals surface area contributed by atoms with Gasteiger partial charge >= 0.3 is 6.09 Å². The van der Waals surface area contributed by atoms with Gasteiger partial charge < -0.3 is 20.2 Å². The number of unbranched alkanes of at least 4 members (excludes halogenated alkanes) is 3. The fraction of sp³-hybridized carbons (Fsp3) is 0.280. The average molecular weight is 421 g/mol. The number of rotatable bonds is 10. The number of nitrogens with two attached hydrogens (primary N) is 1. The van der Waals surface area contributed by atoms with E-state index in [4.69, 9.17) is 14.9 Å². The number of carbonyl (C=O) groups excluding carboxylic acids is 2. The summed E-state index contributed by atoms with van der Waals surface area (Å²) in [4.78, 5) is 23.7. The van der Waals surface area contributed by atoms with Gasteiger partial charge in [-0.05, 0) is 49.9 Å². The first-order valence-corrected chi connectivity index (χ1v) is 10.5. The molecule has 1 aromatic heterocycles. The number of nitrogens with one attached hydrogen (secondary N) is 1. The van der Waals surface area contributed by atoms with Crippen LogP contribution >= 0.6 is 0 Å². The van der Waals surface area contributed by atoms with Crippen molar-refractivity contribution in [3.05, 3.63) is 77.6 Å². The van der Waals surface area contributed by atoms with Crippen LogP contribution in [-0.2, 0) is 6.42 Å². The van der Waals surface area contributed by atoms with Crippen molar-refractivity contribution in [2.75, 3.05) is 6.54 Å². The van der Waals surface area contributed by atoms with E-state index in [-0.39, 0.29) is 0 Å². The van der Waals surface area contributed by atoms with Crippen LogP contribution in [0.15, 0.2) is 65.1 Å². The molecule has 0 fully saturated rings. The van der Waals surface area contributed by atoms with Crippen molar-refractivity contribution in [1.29, 1.82) is 0 Å². The Morgan fingerprint density at radius 1 is 0.968 bits per heavy atom. The Kier molecular flexibility index (Phi) is 7.87. The molecule has 0 aliphatic carbocycles.